The molecule has 0 rings (SSSR count). The Morgan fingerprint density at radius 2 is 2.57 bits per heavy atom. The highest BCUT2D eigenvalue weighted by atomic mass is 16.1. The zero-order chi connectivity index (χ0) is 5.54. The maximum atomic E-state index is 9.51. The van der Waals surface area contributed by atoms with Crippen LogP contribution in [0.2, 0.25) is 0 Å². The van der Waals surface area contributed by atoms with Crippen LogP contribution in [0.1, 0.15) is 0 Å². The summed E-state index contributed by atoms with van der Waals surface area (Å²) in [4.78, 5) is 9.51. The van der Waals surface area contributed by atoms with Gasteiger partial charge in [0.25, 0.3) is 0 Å². The minimum atomic E-state index is 0.249. The molecular formula is C4H6N2O. The average Bonchev–Trinajstić information content (AvgIpc) is 1.69. The van der Waals surface area contributed by atoms with Gasteiger partial charge in [0.2, 0.25) is 0 Å². The van der Waals surface area contributed by atoms with E-state index in [0.717, 1.165) is 6.29 Å². The van der Waals surface area contributed by atoms with Gasteiger partial charge in [0.15, 0.2) is 0 Å². The number of carbonyl (C=O) groups is 1. The van der Waals surface area contributed by atoms with Crippen molar-refractivity contribution < 1.29 is 4.79 Å². The molecule has 0 saturated heterocycles. The predicted octanol–water partition coefficient (Wildman–Crippen LogP) is -0.702. The molecule has 0 saturated carbocycles. The number of nitriles is 1. The number of nitrogens with one attached hydrogen (secondary N) is 1. The fourth-order valence-electron chi connectivity index (χ4n) is 0.187. The number of hydrogen-bond donors (Lipinski definition) is 1. The molecule has 0 heterocycles. The van der Waals surface area contributed by atoms with Gasteiger partial charge in [0.05, 0.1) is 19.2 Å². The monoisotopic (exact) mass is 98.0 g/mol. The van der Waals surface area contributed by atoms with Crippen LogP contribution in [-0.4, -0.2) is 19.4 Å². The molecule has 38 valence electrons. The quantitative estimate of drug-likeness (QED) is 0.288. The van der Waals surface area contributed by atoms with Crippen molar-refractivity contribution in [2.24, 2.45) is 0 Å². The van der Waals surface area contributed by atoms with E-state index in [4.69, 9.17) is 5.26 Å². The van der Waals surface area contributed by atoms with Crippen LogP contribution in [0.3, 0.4) is 0 Å². The molecule has 0 aliphatic heterocycles. The molecule has 3 nitrogen and oxygen atoms in total. The van der Waals surface area contributed by atoms with Crippen molar-refractivity contribution in [2.75, 3.05) is 13.1 Å². The highest BCUT2D eigenvalue weighted by Crippen LogP contribution is 1.47. The van der Waals surface area contributed by atoms with Crippen LogP contribution in [0, 0.1) is 11.3 Å². The average molecular weight is 98.1 g/mol. The Morgan fingerprint density at radius 1 is 1.86 bits per heavy atom. The van der Waals surface area contributed by atoms with Gasteiger partial charge >= 0.3 is 0 Å². The summed E-state index contributed by atoms with van der Waals surface area (Å²) < 4.78 is 0. The lowest BCUT2D eigenvalue weighted by molar-refractivity contribution is -0.107. The molecule has 7 heavy (non-hydrogen) atoms. The van der Waals surface area contributed by atoms with Crippen LogP contribution >= 0.6 is 0 Å². The van der Waals surface area contributed by atoms with Gasteiger partial charge in [-0.25, -0.2) is 0 Å². The number of carbonyl (C=O) groups excluding carboxylic acids is 1. The van der Waals surface area contributed by atoms with Crippen LogP contribution in [0.15, 0.2) is 0 Å². The maximum Gasteiger partial charge on any atom is 0.133 e. The van der Waals surface area contributed by atoms with Gasteiger partial charge in [-0.15, -0.1) is 0 Å². The van der Waals surface area contributed by atoms with Crippen molar-refractivity contribution in [2.45, 2.75) is 0 Å². The summed E-state index contributed by atoms with van der Waals surface area (Å²) >= 11 is 0. The van der Waals surface area contributed by atoms with Crippen LogP contribution in [0.5, 0.6) is 0 Å². The Morgan fingerprint density at radius 3 is 3.00 bits per heavy atom. The van der Waals surface area contributed by atoms with E-state index in [9.17, 15) is 4.79 Å². The first kappa shape index (κ1) is 6.12. The van der Waals surface area contributed by atoms with E-state index in [2.05, 4.69) is 5.32 Å². The first-order valence-electron chi connectivity index (χ1n) is 1.93. The standard InChI is InChI=1S/C4H6N2O/c5-1-2-6-3-4-7/h4,6H,2-3H2. The third-order valence-corrected chi connectivity index (χ3v) is 0.432. The maximum absolute atomic E-state index is 9.51. The summed E-state index contributed by atoms with van der Waals surface area (Å²) in [6, 6.07) is 1.83. The van der Waals surface area contributed by atoms with Gasteiger partial charge in [-0.3, -0.25) is 5.32 Å². The molecular weight excluding hydrogens is 92.1 g/mol. The number of nitrogens with zero attached hydrogens (tertiary/aromatic N) is 1. The van der Waals surface area contributed by atoms with Crippen molar-refractivity contribution in [1.29, 1.82) is 5.26 Å². The lowest BCUT2D eigenvalue weighted by atomic mass is 10.6. The van der Waals surface area contributed by atoms with Crippen LogP contribution in [-0.2, 0) is 4.79 Å². The zero-order valence-corrected chi connectivity index (χ0v) is 3.85. The Balaban J connectivity index is 2.72. The van der Waals surface area contributed by atoms with E-state index in [-0.39, 0.29) is 13.1 Å². The lowest BCUT2D eigenvalue weighted by Crippen LogP contribution is -2.15. The molecule has 0 aromatic heterocycles. The van der Waals surface area contributed by atoms with Gasteiger partial charge in [-0.05, 0) is 0 Å². The van der Waals surface area contributed by atoms with Gasteiger partial charge in [0.1, 0.15) is 6.29 Å². The molecule has 0 bridgehead atoms. The van der Waals surface area contributed by atoms with Crippen molar-refractivity contribution >= 4 is 6.29 Å². The molecule has 0 aliphatic rings. The summed E-state index contributed by atoms with van der Waals surface area (Å²) in [5.74, 6) is 0. The van der Waals surface area contributed by atoms with Gasteiger partial charge < -0.3 is 4.79 Å². The molecule has 0 atom stereocenters. The molecule has 0 aliphatic carbocycles. The van der Waals surface area contributed by atoms with Crippen molar-refractivity contribution in [3.8, 4) is 6.07 Å². The van der Waals surface area contributed by atoms with Crippen LogP contribution in [0.25, 0.3) is 0 Å². The third-order valence-electron chi connectivity index (χ3n) is 0.432. The smallest absolute Gasteiger partial charge is 0.133 e. The van der Waals surface area contributed by atoms with E-state index in [1.165, 1.54) is 0 Å². The molecule has 0 fully saturated rings. The van der Waals surface area contributed by atoms with E-state index < -0.39 is 0 Å². The summed E-state index contributed by atoms with van der Waals surface area (Å²) in [7, 11) is 0. The molecule has 3 heteroatoms. The van der Waals surface area contributed by atoms with Gasteiger partial charge in [0, 0.05) is 0 Å². The van der Waals surface area contributed by atoms with E-state index in [1.54, 1.807) is 0 Å². The van der Waals surface area contributed by atoms with Crippen LogP contribution < -0.4 is 5.32 Å². The second-order valence-electron chi connectivity index (χ2n) is 0.956. The van der Waals surface area contributed by atoms with Gasteiger partial charge in [-0.2, -0.15) is 5.26 Å². The molecule has 0 aromatic rings. The van der Waals surface area contributed by atoms with E-state index in [0.29, 0.717) is 0 Å². The van der Waals surface area contributed by atoms with Crippen molar-refractivity contribution in [3.63, 3.8) is 0 Å². The Hall–Kier alpha value is -0.880. The SMILES string of the molecule is N#CCNCC=O. The number of aldehydes is 1. The minimum absolute atomic E-state index is 0.249. The second-order valence-corrected chi connectivity index (χ2v) is 0.956. The normalized spacial score (nSPS) is 7.29. The molecule has 0 aromatic carbocycles. The first-order chi connectivity index (χ1) is 3.41. The highest BCUT2D eigenvalue weighted by Gasteiger charge is 1.75. The summed E-state index contributed by atoms with van der Waals surface area (Å²) in [6.07, 6.45) is 0.720. The first-order valence-corrected chi connectivity index (χ1v) is 1.93. The molecule has 0 unspecified atom stereocenters. The fraction of sp³-hybridized carbons (Fsp3) is 0.500. The van der Waals surface area contributed by atoms with Gasteiger partial charge in [-0.1, -0.05) is 0 Å². The third kappa shape index (κ3) is 5.12. The fourth-order valence-corrected chi connectivity index (χ4v) is 0.187. The molecule has 0 radical (unpaired) electrons. The number of rotatable bonds is 3. The molecule has 1 N–H and O–H groups in total. The summed E-state index contributed by atoms with van der Waals surface area (Å²) in [5, 5.41) is 10.4. The summed E-state index contributed by atoms with van der Waals surface area (Å²) in [5.41, 5.74) is 0. The highest BCUT2D eigenvalue weighted by molar-refractivity contribution is 5.51. The Kier molecular flexibility index (Phi) is 4.48. The largest absolute Gasteiger partial charge is 0.302 e. The second kappa shape index (κ2) is 5.12. The number of hydrogen-bond acceptors (Lipinski definition) is 3. The predicted molar refractivity (Wildman–Crippen MR) is 24.5 cm³/mol. The van der Waals surface area contributed by atoms with E-state index >= 15 is 0 Å². The molecule has 0 spiro atoms. The topological polar surface area (TPSA) is 52.9 Å². The Bertz CT molecular complexity index is 84.2. The Labute approximate surface area is 41.9 Å². The lowest BCUT2D eigenvalue weighted by Gasteiger charge is -1.83. The minimum Gasteiger partial charge on any atom is -0.302 e. The summed E-state index contributed by atoms with van der Waals surface area (Å²) in [6.45, 7) is 0.520. The van der Waals surface area contributed by atoms with Crippen molar-refractivity contribution in [3.05, 3.63) is 0 Å². The molecule has 0 amide bonds. The zero-order valence-electron chi connectivity index (χ0n) is 3.85. The van der Waals surface area contributed by atoms with Crippen LogP contribution in [0.4, 0.5) is 0 Å². The van der Waals surface area contributed by atoms with Crippen molar-refractivity contribution in [1.82, 2.24) is 5.32 Å². The van der Waals surface area contributed by atoms with E-state index in [1.807, 2.05) is 6.07 Å².